The average Bonchev–Trinajstić information content (AvgIpc) is 3.02. The van der Waals surface area contributed by atoms with Crippen LogP contribution in [0.5, 0.6) is 0 Å². The van der Waals surface area contributed by atoms with Gasteiger partial charge in [0.25, 0.3) is 0 Å². The first kappa shape index (κ1) is 14.0. The van der Waals surface area contributed by atoms with Gasteiger partial charge in [0.2, 0.25) is 0 Å². The Morgan fingerprint density at radius 2 is 1.91 bits per heavy atom. The number of aromatic nitrogens is 1. The topological polar surface area (TPSA) is 52.3 Å². The molecule has 0 aliphatic carbocycles. The van der Waals surface area contributed by atoms with Gasteiger partial charge < -0.3 is 9.26 Å². The van der Waals surface area contributed by atoms with Crippen molar-refractivity contribution in [2.75, 3.05) is 0 Å². The van der Waals surface area contributed by atoms with Crippen LogP contribution in [0.2, 0.25) is 0 Å². The van der Waals surface area contributed by atoms with Gasteiger partial charge in [-0.2, -0.15) is 0 Å². The second kappa shape index (κ2) is 6.22. The normalized spacial score (nSPS) is 10.4. The Morgan fingerprint density at radius 3 is 2.68 bits per heavy atom. The molecule has 0 unspecified atom stereocenters. The zero-order valence-corrected chi connectivity index (χ0v) is 11.5. The molecule has 3 rings (SSSR count). The number of carbonyl (C=O) groups is 1. The van der Waals surface area contributed by atoms with E-state index in [4.69, 9.17) is 9.26 Å². The van der Waals surface area contributed by atoms with Gasteiger partial charge in [0.1, 0.15) is 18.1 Å². The van der Waals surface area contributed by atoms with Crippen molar-refractivity contribution in [3.63, 3.8) is 0 Å². The Kier molecular flexibility index (Phi) is 3.96. The van der Waals surface area contributed by atoms with Crippen molar-refractivity contribution in [2.24, 2.45) is 0 Å². The minimum absolute atomic E-state index is 0.0360. The van der Waals surface area contributed by atoms with E-state index in [1.807, 2.05) is 30.3 Å². The van der Waals surface area contributed by atoms with Crippen molar-refractivity contribution >= 4 is 5.97 Å². The second-order valence-corrected chi connectivity index (χ2v) is 4.64. The second-order valence-electron chi connectivity index (χ2n) is 4.64. The molecule has 0 amide bonds. The first-order chi connectivity index (χ1) is 10.7. The third-order valence-electron chi connectivity index (χ3n) is 3.03. The summed E-state index contributed by atoms with van der Waals surface area (Å²) in [5, 5.41) is 3.85. The van der Waals surface area contributed by atoms with Gasteiger partial charge in [-0.05, 0) is 18.2 Å². The minimum atomic E-state index is -0.608. The monoisotopic (exact) mass is 297 g/mol. The largest absolute Gasteiger partial charge is 0.455 e. The fourth-order valence-corrected chi connectivity index (χ4v) is 1.96. The van der Waals surface area contributed by atoms with E-state index in [-0.39, 0.29) is 12.2 Å². The molecule has 0 bridgehead atoms. The molecule has 110 valence electrons. The lowest BCUT2D eigenvalue weighted by atomic mass is 10.2. The third kappa shape index (κ3) is 3.20. The Balaban J connectivity index is 1.65. The number of hydrogen-bond donors (Lipinski definition) is 0. The lowest BCUT2D eigenvalue weighted by Crippen LogP contribution is -2.05. The summed E-state index contributed by atoms with van der Waals surface area (Å²) in [7, 11) is 0. The SMILES string of the molecule is O=C(OCc1cc(-c2ccccc2)on1)c1cccc(F)c1. The quantitative estimate of drug-likeness (QED) is 0.687. The molecule has 0 radical (unpaired) electrons. The van der Waals surface area contributed by atoms with E-state index in [1.165, 1.54) is 18.2 Å². The zero-order valence-electron chi connectivity index (χ0n) is 11.5. The van der Waals surface area contributed by atoms with Crippen molar-refractivity contribution in [1.82, 2.24) is 5.16 Å². The first-order valence-electron chi connectivity index (χ1n) is 6.66. The first-order valence-corrected chi connectivity index (χ1v) is 6.66. The van der Waals surface area contributed by atoms with Crippen molar-refractivity contribution in [1.29, 1.82) is 0 Å². The van der Waals surface area contributed by atoms with Crippen LogP contribution in [0.25, 0.3) is 11.3 Å². The fraction of sp³-hybridized carbons (Fsp3) is 0.0588. The van der Waals surface area contributed by atoms with Gasteiger partial charge in [0.05, 0.1) is 5.56 Å². The smallest absolute Gasteiger partial charge is 0.338 e. The molecule has 5 heteroatoms. The predicted molar refractivity (Wildman–Crippen MR) is 77.5 cm³/mol. The lowest BCUT2D eigenvalue weighted by Gasteiger charge is -2.02. The Labute approximate surface area is 126 Å². The van der Waals surface area contributed by atoms with Crippen LogP contribution in [-0.2, 0) is 11.3 Å². The molecule has 1 aromatic heterocycles. The van der Waals surface area contributed by atoms with Crippen LogP contribution in [0, 0.1) is 5.82 Å². The van der Waals surface area contributed by atoms with Gasteiger partial charge in [-0.1, -0.05) is 41.6 Å². The fourth-order valence-electron chi connectivity index (χ4n) is 1.96. The van der Waals surface area contributed by atoms with Crippen LogP contribution >= 0.6 is 0 Å². The van der Waals surface area contributed by atoms with Crippen LogP contribution < -0.4 is 0 Å². The molecule has 0 N–H and O–H groups in total. The number of carbonyl (C=O) groups excluding carboxylic acids is 1. The highest BCUT2D eigenvalue weighted by Gasteiger charge is 2.11. The summed E-state index contributed by atoms with van der Waals surface area (Å²) >= 11 is 0. The summed E-state index contributed by atoms with van der Waals surface area (Å²) in [5.74, 6) is -0.497. The molecule has 1 heterocycles. The highest BCUT2D eigenvalue weighted by Crippen LogP contribution is 2.20. The number of nitrogens with zero attached hydrogens (tertiary/aromatic N) is 1. The Hall–Kier alpha value is -2.95. The molecule has 3 aromatic rings. The molecule has 2 aromatic carbocycles. The summed E-state index contributed by atoms with van der Waals surface area (Å²) in [6, 6.07) is 16.5. The van der Waals surface area contributed by atoms with Gasteiger partial charge in [-0.15, -0.1) is 0 Å². The van der Waals surface area contributed by atoms with Crippen molar-refractivity contribution in [2.45, 2.75) is 6.61 Å². The van der Waals surface area contributed by atoms with Crippen LogP contribution in [-0.4, -0.2) is 11.1 Å². The molecule has 0 atom stereocenters. The summed E-state index contributed by atoms with van der Waals surface area (Å²) in [4.78, 5) is 11.8. The molecule has 22 heavy (non-hydrogen) atoms. The van der Waals surface area contributed by atoms with Gasteiger partial charge in [0, 0.05) is 11.6 Å². The molecule has 0 spiro atoms. The highest BCUT2D eigenvalue weighted by atomic mass is 19.1. The number of benzene rings is 2. The van der Waals surface area contributed by atoms with Crippen molar-refractivity contribution in [3.05, 3.63) is 77.7 Å². The standard InChI is InChI=1S/C17H12FNO3/c18-14-8-4-7-13(9-14)17(20)21-11-15-10-16(22-19-15)12-5-2-1-3-6-12/h1-10H,11H2. The van der Waals surface area contributed by atoms with Crippen LogP contribution in [0.4, 0.5) is 4.39 Å². The average molecular weight is 297 g/mol. The van der Waals surface area contributed by atoms with Gasteiger partial charge in [-0.25, -0.2) is 9.18 Å². The predicted octanol–water partition coefficient (Wildman–Crippen LogP) is 3.84. The van der Waals surface area contributed by atoms with Crippen LogP contribution in [0.15, 0.2) is 65.2 Å². The van der Waals surface area contributed by atoms with Gasteiger partial charge in [0.15, 0.2) is 5.76 Å². The van der Waals surface area contributed by atoms with Gasteiger partial charge in [-0.3, -0.25) is 0 Å². The molecule has 0 aliphatic rings. The zero-order chi connectivity index (χ0) is 15.4. The van der Waals surface area contributed by atoms with Crippen LogP contribution in [0.3, 0.4) is 0 Å². The number of hydrogen-bond acceptors (Lipinski definition) is 4. The van der Waals surface area contributed by atoms with E-state index in [9.17, 15) is 9.18 Å². The van der Waals surface area contributed by atoms with E-state index >= 15 is 0 Å². The number of ether oxygens (including phenoxy) is 1. The molecule has 0 saturated carbocycles. The number of esters is 1. The van der Waals surface area contributed by atoms with Crippen molar-refractivity contribution in [3.8, 4) is 11.3 Å². The minimum Gasteiger partial charge on any atom is -0.455 e. The molecular weight excluding hydrogens is 285 g/mol. The molecular formula is C17H12FNO3. The van der Waals surface area contributed by atoms with E-state index in [0.717, 1.165) is 11.6 Å². The maximum Gasteiger partial charge on any atom is 0.338 e. The van der Waals surface area contributed by atoms with E-state index in [0.29, 0.717) is 11.5 Å². The van der Waals surface area contributed by atoms with Gasteiger partial charge >= 0.3 is 5.97 Å². The highest BCUT2D eigenvalue weighted by molar-refractivity contribution is 5.89. The molecule has 0 aliphatic heterocycles. The van der Waals surface area contributed by atoms with E-state index in [2.05, 4.69) is 5.16 Å². The van der Waals surface area contributed by atoms with Crippen LogP contribution in [0.1, 0.15) is 16.1 Å². The Morgan fingerprint density at radius 1 is 1.09 bits per heavy atom. The summed E-state index contributed by atoms with van der Waals surface area (Å²) in [6.45, 7) is -0.0360. The summed E-state index contributed by atoms with van der Waals surface area (Å²) in [6.07, 6.45) is 0. The van der Waals surface area contributed by atoms with E-state index in [1.54, 1.807) is 6.07 Å². The molecule has 0 fully saturated rings. The summed E-state index contributed by atoms with van der Waals surface area (Å²) < 4.78 is 23.3. The lowest BCUT2D eigenvalue weighted by molar-refractivity contribution is 0.0463. The maximum absolute atomic E-state index is 13.0. The number of halogens is 1. The third-order valence-corrected chi connectivity index (χ3v) is 3.03. The molecule has 4 nitrogen and oxygen atoms in total. The summed E-state index contributed by atoms with van der Waals surface area (Å²) in [5.41, 5.74) is 1.54. The van der Waals surface area contributed by atoms with E-state index < -0.39 is 11.8 Å². The molecule has 0 saturated heterocycles. The number of rotatable bonds is 4. The van der Waals surface area contributed by atoms with Crippen molar-refractivity contribution < 1.29 is 18.4 Å². The Bertz CT molecular complexity index is 783. The maximum atomic E-state index is 13.0.